The van der Waals surface area contributed by atoms with E-state index in [1.807, 2.05) is 13.8 Å². The third kappa shape index (κ3) is 3.32. The van der Waals surface area contributed by atoms with E-state index in [0.717, 1.165) is 0 Å². The minimum Gasteiger partial charge on any atom is -0.497 e. The van der Waals surface area contributed by atoms with Crippen LogP contribution < -0.4 is 10.1 Å². The third-order valence-corrected chi connectivity index (χ3v) is 3.52. The maximum absolute atomic E-state index is 14.0. The van der Waals surface area contributed by atoms with Crippen molar-refractivity contribution in [3.63, 3.8) is 0 Å². The van der Waals surface area contributed by atoms with Gasteiger partial charge < -0.3 is 15.0 Å². The Labute approximate surface area is 123 Å². The van der Waals surface area contributed by atoms with Gasteiger partial charge in [-0.05, 0) is 12.0 Å². The second-order valence-corrected chi connectivity index (χ2v) is 5.44. The van der Waals surface area contributed by atoms with Crippen LogP contribution in [-0.4, -0.2) is 36.4 Å². The molecular weight excluding hydrogens is 275 g/mol. The van der Waals surface area contributed by atoms with Crippen LogP contribution in [0, 0.1) is 11.7 Å². The molecule has 1 N–H and O–H groups in total. The van der Waals surface area contributed by atoms with E-state index >= 15 is 0 Å². The number of ether oxygens (including phenoxy) is 1. The summed E-state index contributed by atoms with van der Waals surface area (Å²) in [5.74, 6) is -0.444. The Kier molecular flexibility index (Phi) is 4.45. The number of carbonyl (C=O) groups is 2. The summed E-state index contributed by atoms with van der Waals surface area (Å²) in [5.41, 5.74) is 0.362. The molecule has 1 fully saturated rings. The van der Waals surface area contributed by atoms with Crippen LogP contribution in [0.15, 0.2) is 18.2 Å². The van der Waals surface area contributed by atoms with Crippen LogP contribution >= 0.6 is 0 Å². The molecule has 1 heterocycles. The minimum atomic E-state index is -0.549. The molecule has 0 spiro atoms. The topological polar surface area (TPSA) is 58.6 Å². The average molecular weight is 294 g/mol. The van der Waals surface area contributed by atoms with Gasteiger partial charge in [0, 0.05) is 18.2 Å². The molecule has 1 aromatic carbocycles. The van der Waals surface area contributed by atoms with E-state index < -0.39 is 11.9 Å². The maximum atomic E-state index is 14.0. The lowest BCUT2D eigenvalue weighted by Gasteiger charge is -2.34. The number of benzene rings is 1. The van der Waals surface area contributed by atoms with Gasteiger partial charge in [-0.25, -0.2) is 4.39 Å². The first-order valence-corrected chi connectivity index (χ1v) is 6.83. The summed E-state index contributed by atoms with van der Waals surface area (Å²) in [6.07, 6.45) is 0. The Morgan fingerprint density at radius 1 is 1.43 bits per heavy atom. The molecule has 5 nitrogen and oxygen atoms in total. The fourth-order valence-corrected chi connectivity index (χ4v) is 2.30. The van der Waals surface area contributed by atoms with Crippen molar-refractivity contribution >= 4 is 11.8 Å². The second kappa shape index (κ2) is 6.11. The second-order valence-electron chi connectivity index (χ2n) is 5.44. The van der Waals surface area contributed by atoms with Crippen molar-refractivity contribution in [3.05, 3.63) is 29.6 Å². The van der Waals surface area contributed by atoms with Gasteiger partial charge in [0.15, 0.2) is 0 Å². The lowest BCUT2D eigenvalue weighted by molar-refractivity contribution is -0.146. The van der Waals surface area contributed by atoms with E-state index in [1.165, 1.54) is 18.1 Å². The quantitative estimate of drug-likeness (QED) is 0.911. The summed E-state index contributed by atoms with van der Waals surface area (Å²) in [4.78, 5) is 25.4. The molecular formula is C15H19FN2O3. The highest BCUT2D eigenvalue weighted by atomic mass is 19.1. The molecule has 1 atom stereocenters. The number of carbonyl (C=O) groups excluding carboxylic acids is 2. The number of nitrogens with one attached hydrogen (secondary N) is 1. The van der Waals surface area contributed by atoms with Crippen molar-refractivity contribution in [2.45, 2.75) is 26.4 Å². The molecule has 1 aliphatic heterocycles. The summed E-state index contributed by atoms with van der Waals surface area (Å²) in [6, 6.07) is 3.92. The molecule has 114 valence electrons. The van der Waals surface area contributed by atoms with Crippen molar-refractivity contribution in [1.82, 2.24) is 10.2 Å². The molecule has 2 rings (SSSR count). The predicted molar refractivity (Wildman–Crippen MR) is 75.1 cm³/mol. The zero-order chi connectivity index (χ0) is 15.6. The number of rotatable bonds is 4. The maximum Gasteiger partial charge on any atom is 0.246 e. The lowest BCUT2D eigenvalue weighted by atomic mass is 10.0. The van der Waals surface area contributed by atoms with Crippen LogP contribution in [0.5, 0.6) is 5.75 Å². The number of piperazine rings is 1. The van der Waals surface area contributed by atoms with E-state index in [4.69, 9.17) is 4.74 Å². The first-order chi connectivity index (χ1) is 9.92. The molecule has 1 aliphatic rings. The van der Waals surface area contributed by atoms with Gasteiger partial charge >= 0.3 is 0 Å². The first kappa shape index (κ1) is 15.3. The fourth-order valence-electron chi connectivity index (χ4n) is 2.30. The SMILES string of the molecule is COc1ccc(CN2CC(=O)NC(C(C)C)C2=O)c(F)c1. The zero-order valence-corrected chi connectivity index (χ0v) is 12.4. The van der Waals surface area contributed by atoms with Gasteiger partial charge in [-0.2, -0.15) is 0 Å². The number of hydrogen-bond acceptors (Lipinski definition) is 3. The zero-order valence-electron chi connectivity index (χ0n) is 12.4. The Hall–Kier alpha value is -2.11. The molecule has 1 aromatic rings. The van der Waals surface area contributed by atoms with Crippen LogP contribution in [0.3, 0.4) is 0 Å². The molecule has 0 radical (unpaired) electrons. The molecule has 21 heavy (non-hydrogen) atoms. The van der Waals surface area contributed by atoms with Gasteiger partial charge in [0.1, 0.15) is 17.6 Å². The van der Waals surface area contributed by atoms with Crippen LogP contribution in [-0.2, 0) is 16.1 Å². The van der Waals surface area contributed by atoms with Gasteiger partial charge in [0.2, 0.25) is 11.8 Å². The van der Waals surface area contributed by atoms with Crippen LogP contribution in [0.1, 0.15) is 19.4 Å². The number of halogens is 1. The van der Waals surface area contributed by atoms with Gasteiger partial charge in [0.25, 0.3) is 0 Å². The molecule has 1 unspecified atom stereocenters. The highest BCUT2D eigenvalue weighted by Crippen LogP contribution is 2.19. The van der Waals surface area contributed by atoms with Crippen molar-refractivity contribution in [1.29, 1.82) is 0 Å². The summed E-state index contributed by atoms with van der Waals surface area (Å²) < 4.78 is 18.9. The summed E-state index contributed by atoms with van der Waals surface area (Å²) >= 11 is 0. The van der Waals surface area contributed by atoms with Crippen LogP contribution in [0.2, 0.25) is 0 Å². The Morgan fingerprint density at radius 2 is 2.14 bits per heavy atom. The van der Waals surface area contributed by atoms with Crippen molar-refractivity contribution in [3.8, 4) is 5.75 Å². The molecule has 0 bridgehead atoms. The predicted octanol–water partition coefficient (Wildman–Crippen LogP) is 1.32. The first-order valence-electron chi connectivity index (χ1n) is 6.83. The molecule has 0 saturated carbocycles. The summed E-state index contributed by atoms with van der Waals surface area (Å²) in [6.45, 7) is 3.75. The minimum absolute atomic E-state index is 0.00929. The molecule has 0 aliphatic carbocycles. The van der Waals surface area contributed by atoms with E-state index in [9.17, 15) is 14.0 Å². The van der Waals surface area contributed by atoms with Crippen molar-refractivity contribution < 1.29 is 18.7 Å². The van der Waals surface area contributed by atoms with E-state index in [1.54, 1.807) is 12.1 Å². The monoisotopic (exact) mass is 294 g/mol. The summed E-state index contributed by atoms with van der Waals surface area (Å²) in [5, 5.41) is 2.67. The lowest BCUT2D eigenvalue weighted by Crippen LogP contribution is -2.59. The van der Waals surface area contributed by atoms with Gasteiger partial charge in [0.05, 0.1) is 13.7 Å². The van der Waals surface area contributed by atoms with E-state index in [2.05, 4.69) is 5.32 Å². The standard InChI is InChI=1S/C15H19FN2O3/c1-9(2)14-15(20)18(8-13(19)17-14)7-10-4-5-11(21-3)6-12(10)16/h4-6,9,14H,7-8H2,1-3H3,(H,17,19). The van der Waals surface area contributed by atoms with Crippen LogP contribution in [0.25, 0.3) is 0 Å². The highest BCUT2D eigenvalue weighted by Gasteiger charge is 2.34. The van der Waals surface area contributed by atoms with Crippen molar-refractivity contribution in [2.24, 2.45) is 5.92 Å². The largest absolute Gasteiger partial charge is 0.497 e. The third-order valence-electron chi connectivity index (χ3n) is 3.52. The van der Waals surface area contributed by atoms with Gasteiger partial charge in [-0.15, -0.1) is 0 Å². The molecule has 1 saturated heterocycles. The molecule has 2 amide bonds. The van der Waals surface area contributed by atoms with E-state index in [0.29, 0.717) is 11.3 Å². The van der Waals surface area contributed by atoms with Gasteiger partial charge in [-0.3, -0.25) is 9.59 Å². The van der Waals surface area contributed by atoms with Crippen molar-refractivity contribution in [2.75, 3.05) is 13.7 Å². The number of nitrogens with zero attached hydrogens (tertiary/aromatic N) is 1. The number of hydrogen-bond donors (Lipinski definition) is 1. The Morgan fingerprint density at radius 3 is 2.71 bits per heavy atom. The Balaban J connectivity index is 2.18. The van der Waals surface area contributed by atoms with E-state index in [-0.39, 0.29) is 30.8 Å². The average Bonchev–Trinajstić information content (AvgIpc) is 2.44. The fraction of sp³-hybridized carbons (Fsp3) is 0.467. The molecule has 6 heteroatoms. The van der Waals surface area contributed by atoms with Crippen LogP contribution in [0.4, 0.5) is 4.39 Å². The Bertz CT molecular complexity index is 560. The smallest absolute Gasteiger partial charge is 0.246 e. The summed E-state index contributed by atoms with van der Waals surface area (Å²) in [7, 11) is 1.46. The highest BCUT2D eigenvalue weighted by molar-refractivity contribution is 5.94. The normalized spacial score (nSPS) is 18.9. The molecule has 0 aromatic heterocycles. The number of methoxy groups -OCH3 is 1. The van der Waals surface area contributed by atoms with Gasteiger partial charge in [-0.1, -0.05) is 19.9 Å². The number of amides is 2.